The summed E-state index contributed by atoms with van der Waals surface area (Å²) in [5, 5.41) is 0. The highest BCUT2D eigenvalue weighted by molar-refractivity contribution is 5.37. The van der Waals surface area contributed by atoms with Gasteiger partial charge in [-0.05, 0) is 19.8 Å². The van der Waals surface area contributed by atoms with Crippen LogP contribution in [0.2, 0.25) is 0 Å². The van der Waals surface area contributed by atoms with Crippen molar-refractivity contribution in [1.82, 2.24) is 9.97 Å². The van der Waals surface area contributed by atoms with E-state index in [1.807, 2.05) is 13.0 Å². The zero-order chi connectivity index (χ0) is 10.8. The van der Waals surface area contributed by atoms with Crippen LogP contribution >= 0.6 is 0 Å². The number of aromatic nitrogens is 2. The highest BCUT2D eigenvalue weighted by Crippen LogP contribution is 2.39. The molecule has 0 amide bonds. The third kappa shape index (κ3) is 2.24. The second-order valence-electron chi connectivity index (χ2n) is 3.83. The number of nitrogen functional groups attached to an aromatic ring is 1. The van der Waals surface area contributed by atoms with Crippen LogP contribution in [0.3, 0.4) is 0 Å². The van der Waals surface area contributed by atoms with Crippen LogP contribution in [0.4, 0.5) is 5.82 Å². The van der Waals surface area contributed by atoms with Crippen molar-refractivity contribution in [2.24, 2.45) is 5.84 Å². The Morgan fingerprint density at radius 3 is 2.80 bits per heavy atom. The summed E-state index contributed by atoms with van der Waals surface area (Å²) in [4.78, 5) is 8.74. The number of hydrogen-bond acceptors (Lipinski definition) is 5. The number of nitrogens with zero attached hydrogens (tertiary/aromatic N) is 2. The van der Waals surface area contributed by atoms with Gasteiger partial charge in [-0.1, -0.05) is 0 Å². The molecule has 5 heteroatoms. The summed E-state index contributed by atoms with van der Waals surface area (Å²) < 4.78 is 5.20. The predicted molar refractivity (Wildman–Crippen MR) is 57.2 cm³/mol. The van der Waals surface area contributed by atoms with Crippen LogP contribution in [0, 0.1) is 0 Å². The summed E-state index contributed by atoms with van der Waals surface area (Å²) in [6, 6.07) is 1.91. The third-order valence-corrected chi connectivity index (χ3v) is 2.62. The van der Waals surface area contributed by atoms with Crippen LogP contribution in [0.5, 0.6) is 0 Å². The van der Waals surface area contributed by atoms with E-state index in [2.05, 4.69) is 15.4 Å². The Labute approximate surface area is 89.0 Å². The zero-order valence-corrected chi connectivity index (χ0v) is 9.03. The lowest BCUT2D eigenvalue weighted by Crippen LogP contribution is -2.13. The molecular weight excluding hydrogens is 192 g/mol. The molecule has 1 atom stereocenters. The van der Waals surface area contributed by atoms with Gasteiger partial charge in [0.15, 0.2) is 5.82 Å². The minimum Gasteiger partial charge on any atom is -0.374 e. The van der Waals surface area contributed by atoms with Crippen LogP contribution in [0.1, 0.15) is 43.3 Å². The summed E-state index contributed by atoms with van der Waals surface area (Å²) >= 11 is 0. The van der Waals surface area contributed by atoms with E-state index in [9.17, 15) is 0 Å². The SMILES string of the molecule is COC(C)c1nc(NN)cc(C2CC2)n1. The van der Waals surface area contributed by atoms with Gasteiger partial charge in [-0.3, -0.25) is 0 Å². The van der Waals surface area contributed by atoms with E-state index in [4.69, 9.17) is 10.6 Å². The van der Waals surface area contributed by atoms with Crippen LogP contribution in [0.25, 0.3) is 0 Å². The van der Waals surface area contributed by atoms with Crippen molar-refractivity contribution in [3.05, 3.63) is 17.6 Å². The van der Waals surface area contributed by atoms with E-state index in [0.717, 1.165) is 5.69 Å². The van der Waals surface area contributed by atoms with Crippen molar-refractivity contribution in [3.63, 3.8) is 0 Å². The van der Waals surface area contributed by atoms with Crippen LogP contribution in [-0.4, -0.2) is 17.1 Å². The van der Waals surface area contributed by atoms with Gasteiger partial charge in [-0.2, -0.15) is 0 Å². The monoisotopic (exact) mass is 208 g/mol. The van der Waals surface area contributed by atoms with Gasteiger partial charge >= 0.3 is 0 Å². The van der Waals surface area contributed by atoms with Gasteiger partial charge in [0.25, 0.3) is 0 Å². The van der Waals surface area contributed by atoms with Crippen molar-refractivity contribution >= 4 is 5.82 Å². The maximum Gasteiger partial charge on any atom is 0.159 e. The molecule has 15 heavy (non-hydrogen) atoms. The molecule has 5 nitrogen and oxygen atoms in total. The Balaban J connectivity index is 2.32. The van der Waals surface area contributed by atoms with Crippen LogP contribution in [-0.2, 0) is 4.74 Å². The first-order valence-electron chi connectivity index (χ1n) is 5.13. The molecule has 1 heterocycles. The van der Waals surface area contributed by atoms with E-state index < -0.39 is 0 Å². The number of hydrazine groups is 1. The number of hydrogen-bond donors (Lipinski definition) is 2. The van der Waals surface area contributed by atoms with Crippen molar-refractivity contribution in [2.75, 3.05) is 12.5 Å². The largest absolute Gasteiger partial charge is 0.374 e. The molecule has 1 fully saturated rings. The molecule has 82 valence electrons. The molecule has 0 bridgehead atoms. The number of anilines is 1. The Bertz CT molecular complexity index is 351. The van der Waals surface area contributed by atoms with E-state index >= 15 is 0 Å². The summed E-state index contributed by atoms with van der Waals surface area (Å²) in [5.41, 5.74) is 3.63. The number of methoxy groups -OCH3 is 1. The predicted octanol–water partition coefficient (Wildman–Crippen LogP) is 1.35. The quantitative estimate of drug-likeness (QED) is 0.577. The number of rotatable bonds is 4. The smallest absolute Gasteiger partial charge is 0.159 e. The first-order valence-corrected chi connectivity index (χ1v) is 5.13. The molecular formula is C10H16N4O. The molecule has 0 aliphatic heterocycles. The maximum absolute atomic E-state index is 5.37. The molecule has 1 aromatic rings. The number of ether oxygens (including phenoxy) is 1. The molecule has 1 aromatic heterocycles. The summed E-state index contributed by atoms with van der Waals surface area (Å²) in [6.45, 7) is 1.92. The third-order valence-electron chi connectivity index (χ3n) is 2.62. The van der Waals surface area contributed by atoms with Crippen molar-refractivity contribution in [3.8, 4) is 0 Å². The average molecular weight is 208 g/mol. The fraction of sp³-hybridized carbons (Fsp3) is 0.600. The van der Waals surface area contributed by atoms with Crippen molar-refractivity contribution in [1.29, 1.82) is 0 Å². The molecule has 1 saturated carbocycles. The van der Waals surface area contributed by atoms with Gasteiger partial charge in [-0.15, -0.1) is 0 Å². The van der Waals surface area contributed by atoms with Gasteiger partial charge in [0.2, 0.25) is 0 Å². The molecule has 3 N–H and O–H groups in total. The second kappa shape index (κ2) is 4.12. The Hall–Kier alpha value is -1.20. The molecule has 1 aliphatic rings. The van der Waals surface area contributed by atoms with Gasteiger partial charge < -0.3 is 10.2 Å². The number of nitrogens with two attached hydrogens (primary N) is 1. The van der Waals surface area contributed by atoms with Crippen molar-refractivity contribution < 1.29 is 4.74 Å². The molecule has 0 radical (unpaired) electrons. The first-order chi connectivity index (χ1) is 7.24. The summed E-state index contributed by atoms with van der Waals surface area (Å²) in [5.74, 6) is 7.30. The van der Waals surface area contributed by atoms with E-state index in [0.29, 0.717) is 17.6 Å². The van der Waals surface area contributed by atoms with E-state index in [1.54, 1.807) is 7.11 Å². The molecule has 0 aromatic carbocycles. The standard InChI is InChI=1S/C10H16N4O/c1-6(15-2)10-12-8(7-3-4-7)5-9(13-10)14-11/h5-7H,3-4,11H2,1-2H3,(H,12,13,14). The Morgan fingerprint density at radius 2 is 2.27 bits per heavy atom. The molecule has 1 aliphatic carbocycles. The average Bonchev–Trinajstić information content (AvgIpc) is 3.11. The lowest BCUT2D eigenvalue weighted by atomic mass is 10.2. The maximum atomic E-state index is 5.37. The minimum atomic E-state index is -0.101. The normalized spacial score (nSPS) is 17.5. The Morgan fingerprint density at radius 1 is 1.53 bits per heavy atom. The molecule has 2 rings (SSSR count). The van der Waals surface area contributed by atoms with Gasteiger partial charge in [0.1, 0.15) is 11.9 Å². The topological polar surface area (TPSA) is 73.1 Å². The second-order valence-corrected chi connectivity index (χ2v) is 3.83. The van der Waals surface area contributed by atoms with Crippen molar-refractivity contribution in [2.45, 2.75) is 31.8 Å². The fourth-order valence-electron chi connectivity index (χ4n) is 1.43. The van der Waals surface area contributed by atoms with Gasteiger partial charge in [0, 0.05) is 24.8 Å². The van der Waals surface area contributed by atoms with Gasteiger partial charge in [0.05, 0.1) is 0 Å². The van der Waals surface area contributed by atoms with E-state index in [1.165, 1.54) is 12.8 Å². The fourth-order valence-corrected chi connectivity index (χ4v) is 1.43. The minimum absolute atomic E-state index is 0.101. The Kier molecular flexibility index (Phi) is 2.83. The number of nitrogens with one attached hydrogen (secondary N) is 1. The first kappa shape index (κ1) is 10.3. The zero-order valence-electron chi connectivity index (χ0n) is 9.03. The molecule has 0 saturated heterocycles. The highest BCUT2D eigenvalue weighted by atomic mass is 16.5. The lowest BCUT2D eigenvalue weighted by Gasteiger charge is -2.11. The lowest BCUT2D eigenvalue weighted by molar-refractivity contribution is 0.112. The molecule has 1 unspecified atom stereocenters. The van der Waals surface area contributed by atoms with Crippen LogP contribution in [0.15, 0.2) is 6.07 Å². The summed E-state index contributed by atoms with van der Waals surface area (Å²) in [6.07, 6.45) is 2.32. The molecule has 0 spiro atoms. The highest BCUT2D eigenvalue weighted by Gasteiger charge is 2.26. The van der Waals surface area contributed by atoms with Crippen LogP contribution < -0.4 is 11.3 Å². The van der Waals surface area contributed by atoms with E-state index in [-0.39, 0.29) is 6.10 Å². The summed E-state index contributed by atoms with van der Waals surface area (Å²) in [7, 11) is 1.65. The van der Waals surface area contributed by atoms with Gasteiger partial charge in [-0.25, -0.2) is 15.8 Å².